The van der Waals surface area contributed by atoms with E-state index in [1.54, 1.807) is 6.92 Å². The lowest BCUT2D eigenvalue weighted by Crippen LogP contribution is -2.40. The van der Waals surface area contributed by atoms with E-state index in [0.717, 1.165) is 16.8 Å². The predicted octanol–water partition coefficient (Wildman–Crippen LogP) is 1.18. The van der Waals surface area contributed by atoms with Gasteiger partial charge in [0.15, 0.2) is 0 Å². The Labute approximate surface area is 136 Å². The number of hydrogen-bond donors (Lipinski definition) is 2. The van der Waals surface area contributed by atoms with Crippen LogP contribution >= 0.6 is 0 Å². The van der Waals surface area contributed by atoms with E-state index in [2.05, 4.69) is 10.4 Å². The SMILES string of the molecule is CCn1nc(C(=O)NCC(C)(O)c2ccc(F)cc2F)ccc1=O. The zero-order valence-corrected chi connectivity index (χ0v) is 13.2. The highest BCUT2D eigenvalue weighted by Crippen LogP contribution is 2.23. The van der Waals surface area contributed by atoms with Crippen LogP contribution in [0, 0.1) is 11.6 Å². The van der Waals surface area contributed by atoms with E-state index in [-0.39, 0.29) is 23.4 Å². The molecule has 2 aromatic rings. The van der Waals surface area contributed by atoms with Crippen molar-refractivity contribution in [1.82, 2.24) is 15.1 Å². The van der Waals surface area contributed by atoms with Gasteiger partial charge in [-0.15, -0.1) is 0 Å². The van der Waals surface area contributed by atoms with Gasteiger partial charge in [0.1, 0.15) is 22.9 Å². The number of carbonyl (C=O) groups excluding carboxylic acids is 1. The minimum atomic E-state index is -1.74. The molecule has 1 amide bonds. The molecule has 0 aliphatic heterocycles. The van der Waals surface area contributed by atoms with Gasteiger partial charge in [-0.1, -0.05) is 6.07 Å². The smallest absolute Gasteiger partial charge is 0.271 e. The zero-order chi connectivity index (χ0) is 17.9. The monoisotopic (exact) mass is 337 g/mol. The molecule has 0 spiro atoms. The van der Waals surface area contributed by atoms with E-state index in [1.165, 1.54) is 19.1 Å². The first-order valence-corrected chi connectivity index (χ1v) is 7.29. The van der Waals surface area contributed by atoms with Crippen LogP contribution in [0.3, 0.4) is 0 Å². The summed E-state index contributed by atoms with van der Waals surface area (Å²) in [6, 6.07) is 5.27. The fraction of sp³-hybridized carbons (Fsp3) is 0.312. The molecule has 1 heterocycles. The van der Waals surface area contributed by atoms with E-state index in [1.807, 2.05) is 0 Å². The van der Waals surface area contributed by atoms with Crippen molar-refractivity contribution in [3.63, 3.8) is 0 Å². The van der Waals surface area contributed by atoms with Gasteiger partial charge in [-0.2, -0.15) is 5.10 Å². The van der Waals surface area contributed by atoms with Crippen molar-refractivity contribution >= 4 is 5.91 Å². The summed E-state index contributed by atoms with van der Waals surface area (Å²) in [5, 5.41) is 16.6. The molecule has 0 saturated heterocycles. The van der Waals surface area contributed by atoms with Crippen molar-refractivity contribution in [2.45, 2.75) is 26.0 Å². The first kappa shape index (κ1) is 17.7. The molecule has 6 nitrogen and oxygen atoms in total. The highest BCUT2D eigenvalue weighted by molar-refractivity contribution is 5.92. The number of halogens is 2. The molecule has 2 N–H and O–H groups in total. The normalized spacial score (nSPS) is 13.4. The van der Waals surface area contributed by atoms with E-state index >= 15 is 0 Å². The zero-order valence-electron chi connectivity index (χ0n) is 13.2. The lowest BCUT2D eigenvalue weighted by Gasteiger charge is -2.24. The van der Waals surface area contributed by atoms with Crippen LogP contribution in [0.5, 0.6) is 0 Å². The van der Waals surface area contributed by atoms with Gasteiger partial charge in [-0.3, -0.25) is 9.59 Å². The van der Waals surface area contributed by atoms with E-state index < -0.39 is 23.1 Å². The third-order valence-corrected chi connectivity index (χ3v) is 3.50. The average Bonchev–Trinajstić information content (AvgIpc) is 2.52. The molecule has 1 aromatic carbocycles. The van der Waals surface area contributed by atoms with Gasteiger partial charge in [0.25, 0.3) is 11.5 Å². The number of amides is 1. The van der Waals surface area contributed by atoms with Crippen LogP contribution in [0.4, 0.5) is 8.78 Å². The number of aromatic nitrogens is 2. The third-order valence-electron chi connectivity index (χ3n) is 3.50. The van der Waals surface area contributed by atoms with Gasteiger partial charge >= 0.3 is 0 Å². The van der Waals surface area contributed by atoms with Crippen molar-refractivity contribution < 1.29 is 18.7 Å². The fourth-order valence-electron chi connectivity index (χ4n) is 2.16. The van der Waals surface area contributed by atoms with Crippen LogP contribution in [0.25, 0.3) is 0 Å². The highest BCUT2D eigenvalue weighted by Gasteiger charge is 2.28. The molecule has 0 aliphatic carbocycles. The Bertz CT molecular complexity index is 818. The number of benzene rings is 1. The Hall–Kier alpha value is -2.61. The Balaban J connectivity index is 2.14. The van der Waals surface area contributed by atoms with Crippen LogP contribution in [0.15, 0.2) is 35.1 Å². The highest BCUT2D eigenvalue weighted by atomic mass is 19.1. The number of nitrogens with one attached hydrogen (secondary N) is 1. The Morgan fingerprint density at radius 2 is 2.04 bits per heavy atom. The predicted molar refractivity (Wildman–Crippen MR) is 82.4 cm³/mol. The maximum Gasteiger partial charge on any atom is 0.271 e. The van der Waals surface area contributed by atoms with E-state index in [9.17, 15) is 23.5 Å². The molecule has 1 atom stereocenters. The van der Waals surface area contributed by atoms with Crippen molar-refractivity contribution in [1.29, 1.82) is 0 Å². The fourth-order valence-corrected chi connectivity index (χ4v) is 2.16. The summed E-state index contributed by atoms with van der Waals surface area (Å²) in [5.74, 6) is -2.30. The molecule has 0 fully saturated rings. The standard InChI is InChI=1S/C16H17F2N3O3/c1-3-21-14(22)7-6-13(20-21)15(23)19-9-16(2,24)11-5-4-10(17)8-12(11)18/h4-8,24H,3,9H2,1-2H3,(H,19,23). The Kier molecular flexibility index (Phi) is 5.08. The van der Waals surface area contributed by atoms with Crippen LogP contribution in [-0.2, 0) is 12.1 Å². The Morgan fingerprint density at radius 1 is 1.33 bits per heavy atom. The number of nitrogens with zero attached hydrogens (tertiary/aromatic N) is 2. The summed E-state index contributed by atoms with van der Waals surface area (Å²) < 4.78 is 27.8. The minimum absolute atomic E-state index is 0.00757. The molecule has 0 saturated carbocycles. The summed E-state index contributed by atoms with van der Waals surface area (Å²) in [6.07, 6.45) is 0. The van der Waals surface area contributed by atoms with Crippen molar-refractivity contribution in [2.75, 3.05) is 6.54 Å². The lowest BCUT2D eigenvalue weighted by molar-refractivity contribution is 0.0492. The molecule has 24 heavy (non-hydrogen) atoms. The Morgan fingerprint density at radius 3 is 2.67 bits per heavy atom. The van der Waals surface area contributed by atoms with Gasteiger partial charge in [-0.25, -0.2) is 13.5 Å². The van der Waals surface area contributed by atoms with Crippen molar-refractivity contribution in [3.05, 3.63) is 63.6 Å². The second-order valence-electron chi connectivity index (χ2n) is 5.45. The van der Waals surface area contributed by atoms with E-state index in [4.69, 9.17) is 0 Å². The van der Waals surface area contributed by atoms with Crippen LogP contribution in [0.2, 0.25) is 0 Å². The summed E-state index contributed by atoms with van der Waals surface area (Å²) in [6.45, 7) is 2.99. The van der Waals surface area contributed by atoms with Gasteiger partial charge in [0.2, 0.25) is 0 Å². The summed E-state index contributed by atoms with van der Waals surface area (Å²) in [5.41, 5.74) is -2.23. The molecule has 2 rings (SSSR count). The largest absolute Gasteiger partial charge is 0.383 e. The quantitative estimate of drug-likeness (QED) is 0.858. The maximum atomic E-state index is 13.8. The number of carbonyl (C=O) groups is 1. The maximum absolute atomic E-state index is 13.8. The van der Waals surface area contributed by atoms with E-state index in [0.29, 0.717) is 12.6 Å². The number of aliphatic hydroxyl groups is 1. The summed E-state index contributed by atoms with van der Waals surface area (Å²) >= 11 is 0. The molecule has 1 aromatic heterocycles. The van der Waals surface area contributed by atoms with Crippen LogP contribution in [0.1, 0.15) is 29.9 Å². The molecule has 1 unspecified atom stereocenters. The van der Waals surface area contributed by atoms with Crippen LogP contribution < -0.4 is 10.9 Å². The second kappa shape index (κ2) is 6.88. The summed E-state index contributed by atoms with van der Waals surface area (Å²) in [4.78, 5) is 23.5. The molecule has 0 aliphatic rings. The van der Waals surface area contributed by atoms with Crippen molar-refractivity contribution in [2.24, 2.45) is 0 Å². The minimum Gasteiger partial charge on any atom is -0.383 e. The van der Waals surface area contributed by atoms with Gasteiger partial charge in [0, 0.05) is 24.2 Å². The van der Waals surface area contributed by atoms with Gasteiger partial charge < -0.3 is 10.4 Å². The first-order valence-electron chi connectivity index (χ1n) is 7.29. The van der Waals surface area contributed by atoms with Gasteiger partial charge in [-0.05, 0) is 26.0 Å². The van der Waals surface area contributed by atoms with Gasteiger partial charge in [0.05, 0.1) is 6.54 Å². The topological polar surface area (TPSA) is 84.2 Å². The number of rotatable bonds is 5. The third kappa shape index (κ3) is 3.83. The first-order chi connectivity index (χ1) is 11.2. The molecular formula is C16H17F2N3O3. The second-order valence-corrected chi connectivity index (χ2v) is 5.45. The molecule has 0 bridgehead atoms. The average molecular weight is 337 g/mol. The number of hydrogen-bond acceptors (Lipinski definition) is 4. The number of aryl methyl sites for hydroxylation is 1. The molecular weight excluding hydrogens is 320 g/mol. The summed E-state index contributed by atoms with van der Waals surface area (Å²) in [7, 11) is 0. The molecule has 8 heteroatoms. The van der Waals surface area contributed by atoms with Crippen molar-refractivity contribution in [3.8, 4) is 0 Å². The molecule has 128 valence electrons. The lowest BCUT2D eigenvalue weighted by atomic mass is 9.95. The molecule has 0 radical (unpaired) electrons. The van der Waals surface area contributed by atoms with Crippen LogP contribution in [-0.4, -0.2) is 27.3 Å².